The topological polar surface area (TPSA) is 66.8 Å². The van der Waals surface area contributed by atoms with E-state index in [2.05, 4.69) is 0 Å². The molecule has 0 heterocycles. The van der Waals surface area contributed by atoms with Crippen molar-refractivity contribution in [1.82, 2.24) is 0 Å². The number of benzene rings is 1. The molecule has 0 spiro atoms. The monoisotopic (exact) mass is 236 g/mol. The lowest BCUT2D eigenvalue weighted by molar-refractivity contribution is -0.158. The lowest BCUT2D eigenvalue weighted by Crippen LogP contribution is -2.36. The Labute approximate surface area is 99.8 Å². The summed E-state index contributed by atoms with van der Waals surface area (Å²) in [6, 6.07) is 9.71. The highest BCUT2D eigenvalue weighted by Crippen LogP contribution is 2.32. The molecule has 1 aliphatic carbocycles. The zero-order chi connectivity index (χ0) is 12.3. The van der Waals surface area contributed by atoms with Crippen molar-refractivity contribution in [3.63, 3.8) is 0 Å². The van der Waals surface area contributed by atoms with Crippen LogP contribution in [0.4, 0.5) is 0 Å². The number of rotatable bonds is 4. The maximum atomic E-state index is 10.8. The Morgan fingerprint density at radius 2 is 2.12 bits per heavy atom. The molecule has 0 aromatic heterocycles. The van der Waals surface area contributed by atoms with Crippen molar-refractivity contribution >= 4 is 5.97 Å². The predicted octanol–water partition coefficient (Wildman–Crippen LogP) is 1.57. The third kappa shape index (κ3) is 2.84. The first kappa shape index (κ1) is 12.1. The van der Waals surface area contributed by atoms with Crippen LogP contribution < -0.4 is 0 Å². The number of hydrogen-bond acceptors (Lipinski definition) is 3. The fraction of sp³-hybridized carbons (Fsp3) is 0.462. The predicted molar refractivity (Wildman–Crippen MR) is 61.5 cm³/mol. The average molecular weight is 236 g/mol. The van der Waals surface area contributed by atoms with Crippen LogP contribution in [0.25, 0.3) is 0 Å². The first-order valence-corrected chi connectivity index (χ1v) is 5.71. The van der Waals surface area contributed by atoms with E-state index in [9.17, 15) is 9.90 Å². The van der Waals surface area contributed by atoms with Gasteiger partial charge in [0.2, 0.25) is 0 Å². The smallest absolute Gasteiger partial charge is 0.335 e. The quantitative estimate of drug-likeness (QED) is 0.832. The largest absolute Gasteiger partial charge is 0.479 e. The van der Waals surface area contributed by atoms with Gasteiger partial charge in [-0.3, -0.25) is 0 Å². The van der Waals surface area contributed by atoms with E-state index >= 15 is 0 Å². The number of carboxylic acid groups (broad SMARTS) is 1. The maximum absolute atomic E-state index is 10.8. The summed E-state index contributed by atoms with van der Waals surface area (Å²) >= 11 is 0. The number of aliphatic carboxylic acids is 1. The Morgan fingerprint density at radius 3 is 2.71 bits per heavy atom. The van der Waals surface area contributed by atoms with Crippen LogP contribution in [0, 0.1) is 0 Å². The van der Waals surface area contributed by atoms with E-state index in [0.717, 1.165) is 5.56 Å². The molecule has 0 aliphatic heterocycles. The van der Waals surface area contributed by atoms with Gasteiger partial charge in [-0.2, -0.15) is 0 Å². The molecule has 1 aromatic carbocycles. The molecule has 0 bridgehead atoms. The standard InChI is InChI=1S/C13H16O4/c14-12(15)13(16)7-6-11(8-13)17-9-10-4-2-1-3-5-10/h1-5,11,16H,6-9H2,(H,14,15). The Hall–Kier alpha value is -1.39. The van der Waals surface area contributed by atoms with Crippen LogP contribution in [-0.4, -0.2) is 27.9 Å². The first-order valence-electron chi connectivity index (χ1n) is 5.71. The number of aliphatic hydroxyl groups is 1. The summed E-state index contributed by atoms with van der Waals surface area (Å²) in [6.45, 7) is 0.460. The molecule has 0 saturated heterocycles. The van der Waals surface area contributed by atoms with E-state index in [0.29, 0.717) is 13.0 Å². The molecule has 4 heteroatoms. The number of hydrogen-bond donors (Lipinski definition) is 2. The fourth-order valence-corrected chi connectivity index (χ4v) is 2.11. The molecule has 1 aliphatic rings. The van der Waals surface area contributed by atoms with Crippen molar-refractivity contribution in [2.45, 2.75) is 37.6 Å². The fourth-order valence-electron chi connectivity index (χ4n) is 2.11. The highest BCUT2D eigenvalue weighted by Gasteiger charge is 2.44. The highest BCUT2D eigenvalue weighted by atomic mass is 16.5. The van der Waals surface area contributed by atoms with Gasteiger partial charge in [-0.05, 0) is 18.4 Å². The summed E-state index contributed by atoms with van der Waals surface area (Å²) < 4.78 is 5.61. The molecule has 0 radical (unpaired) electrons. The van der Waals surface area contributed by atoms with Crippen LogP contribution in [-0.2, 0) is 16.1 Å². The van der Waals surface area contributed by atoms with Gasteiger partial charge in [-0.1, -0.05) is 30.3 Å². The van der Waals surface area contributed by atoms with Crippen LogP contribution in [0.2, 0.25) is 0 Å². The van der Waals surface area contributed by atoms with Crippen LogP contribution in [0.3, 0.4) is 0 Å². The summed E-state index contributed by atoms with van der Waals surface area (Å²) in [6.07, 6.45) is 0.864. The van der Waals surface area contributed by atoms with Crippen molar-refractivity contribution in [1.29, 1.82) is 0 Å². The first-order chi connectivity index (χ1) is 8.10. The van der Waals surface area contributed by atoms with Gasteiger partial charge >= 0.3 is 5.97 Å². The summed E-state index contributed by atoms with van der Waals surface area (Å²) in [7, 11) is 0. The Balaban J connectivity index is 1.85. The van der Waals surface area contributed by atoms with Crippen molar-refractivity contribution in [2.24, 2.45) is 0 Å². The second kappa shape index (κ2) is 4.85. The molecular formula is C13H16O4. The van der Waals surface area contributed by atoms with E-state index < -0.39 is 11.6 Å². The lowest BCUT2D eigenvalue weighted by atomic mass is 10.0. The molecule has 2 N–H and O–H groups in total. The molecular weight excluding hydrogens is 220 g/mol. The van der Waals surface area contributed by atoms with Gasteiger partial charge in [0.05, 0.1) is 12.7 Å². The lowest BCUT2D eigenvalue weighted by Gasteiger charge is -2.17. The Bertz CT molecular complexity index is 390. The average Bonchev–Trinajstić information content (AvgIpc) is 2.72. The van der Waals surface area contributed by atoms with Gasteiger partial charge in [0, 0.05) is 6.42 Å². The van der Waals surface area contributed by atoms with Crippen LogP contribution >= 0.6 is 0 Å². The molecule has 1 saturated carbocycles. The molecule has 2 unspecified atom stereocenters. The van der Waals surface area contributed by atoms with Gasteiger partial charge in [-0.25, -0.2) is 4.79 Å². The molecule has 17 heavy (non-hydrogen) atoms. The Morgan fingerprint density at radius 1 is 1.41 bits per heavy atom. The third-order valence-electron chi connectivity index (χ3n) is 3.17. The van der Waals surface area contributed by atoms with Crippen LogP contribution in [0.5, 0.6) is 0 Å². The molecule has 1 fully saturated rings. The van der Waals surface area contributed by atoms with E-state index in [4.69, 9.17) is 9.84 Å². The van der Waals surface area contributed by atoms with Crippen LogP contribution in [0.1, 0.15) is 24.8 Å². The normalized spacial score (nSPS) is 28.2. The molecule has 2 rings (SSSR count). The molecule has 0 amide bonds. The highest BCUT2D eigenvalue weighted by molar-refractivity contribution is 5.77. The van der Waals surface area contributed by atoms with E-state index in [1.165, 1.54) is 0 Å². The summed E-state index contributed by atoms with van der Waals surface area (Å²) in [5.41, 5.74) is -0.542. The Kier molecular flexibility index (Phi) is 3.45. The zero-order valence-electron chi connectivity index (χ0n) is 9.50. The van der Waals surface area contributed by atoms with Crippen molar-refractivity contribution in [3.8, 4) is 0 Å². The molecule has 92 valence electrons. The van der Waals surface area contributed by atoms with Gasteiger partial charge in [-0.15, -0.1) is 0 Å². The minimum absolute atomic E-state index is 0.170. The van der Waals surface area contributed by atoms with Gasteiger partial charge in [0.15, 0.2) is 5.60 Å². The summed E-state index contributed by atoms with van der Waals surface area (Å²) in [5, 5.41) is 18.6. The van der Waals surface area contributed by atoms with E-state index in [1.54, 1.807) is 0 Å². The minimum Gasteiger partial charge on any atom is -0.479 e. The van der Waals surface area contributed by atoms with Gasteiger partial charge in [0.1, 0.15) is 0 Å². The summed E-state index contributed by atoms with van der Waals surface area (Å²) in [5.74, 6) is -1.15. The number of carboxylic acids is 1. The van der Waals surface area contributed by atoms with Crippen molar-refractivity contribution in [2.75, 3.05) is 0 Å². The summed E-state index contributed by atoms with van der Waals surface area (Å²) in [4.78, 5) is 10.8. The van der Waals surface area contributed by atoms with Crippen molar-refractivity contribution < 1.29 is 19.7 Å². The number of carbonyl (C=O) groups is 1. The minimum atomic E-state index is -1.60. The molecule has 4 nitrogen and oxygen atoms in total. The molecule has 2 atom stereocenters. The second-order valence-corrected chi connectivity index (χ2v) is 4.50. The second-order valence-electron chi connectivity index (χ2n) is 4.50. The van der Waals surface area contributed by atoms with Gasteiger partial charge < -0.3 is 14.9 Å². The van der Waals surface area contributed by atoms with Crippen LogP contribution in [0.15, 0.2) is 30.3 Å². The SMILES string of the molecule is O=C(O)C1(O)CCC(OCc2ccccc2)C1. The van der Waals surface area contributed by atoms with Crippen molar-refractivity contribution in [3.05, 3.63) is 35.9 Å². The third-order valence-corrected chi connectivity index (χ3v) is 3.17. The van der Waals surface area contributed by atoms with E-state index in [1.807, 2.05) is 30.3 Å². The zero-order valence-corrected chi connectivity index (χ0v) is 9.50. The number of ether oxygens (including phenoxy) is 1. The molecule has 1 aromatic rings. The van der Waals surface area contributed by atoms with E-state index in [-0.39, 0.29) is 18.9 Å². The van der Waals surface area contributed by atoms with Gasteiger partial charge in [0.25, 0.3) is 0 Å². The maximum Gasteiger partial charge on any atom is 0.335 e.